The van der Waals surface area contributed by atoms with Crippen LogP contribution in [0.25, 0.3) is 10.6 Å². The number of halogens is 2. The van der Waals surface area contributed by atoms with Crippen LogP contribution in [0.4, 0.5) is 0 Å². The van der Waals surface area contributed by atoms with Gasteiger partial charge in [0.1, 0.15) is 23.9 Å². The molecule has 148 valence electrons. The Kier molecular flexibility index (Phi) is 7.73. The first kappa shape index (κ1) is 21.8. The number of ether oxygens (including phenoxy) is 2. The van der Waals surface area contributed by atoms with Gasteiger partial charge in [0.25, 0.3) is 5.91 Å². The highest BCUT2D eigenvalue weighted by Crippen LogP contribution is 2.35. The van der Waals surface area contributed by atoms with Gasteiger partial charge in [-0.3, -0.25) is 4.79 Å². The lowest BCUT2D eigenvalue weighted by Gasteiger charge is -2.29. The SMILES string of the molecule is CC1CNCCC1NC(=O)c1csc(-c2ccc3c(c2)OCCO3)n1.Cl.Cl. The summed E-state index contributed by atoms with van der Waals surface area (Å²) in [5.41, 5.74) is 1.41. The molecule has 27 heavy (non-hydrogen) atoms. The van der Waals surface area contributed by atoms with Crippen molar-refractivity contribution < 1.29 is 14.3 Å². The molecule has 0 bridgehead atoms. The number of carbonyl (C=O) groups is 1. The van der Waals surface area contributed by atoms with E-state index in [9.17, 15) is 4.79 Å². The van der Waals surface area contributed by atoms with Crippen LogP contribution in [0.3, 0.4) is 0 Å². The van der Waals surface area contributed by atoms with Crippen molar-refractivity contribution in [2.45, 2.75) is 19.4 Å². The summed E-state index contributed by atoms with van der Waals surface area (Å²) in [7, 11) is 0. The summed E-state index contributed by atoms with van der Waals surface area (Å²) in [6.45, 7) is 5.15. The fraction of sp³-hybridized carbons (Fsp3) is 0.444. The van der Waals surface area contributed by atoms with Crippen LogP contribution in [0.2, 0.25) is 0 Å². The molecule has 2 aliphatic rings. The Hall–Kier alpha value is -1.54. The van der Waals surface area contributed by atoms with E-state index in [1.807, 2.05) is 23.6 Å². The quantitative estimate of drug-likeness (QED) is 0.780. The van der Waals surface area contributed by atoms with E-state index >= 15 is 0 Å². The Morgan fingerprint density at radius 2 is 2.04 bits per heavy atom. The van der Waals surface area contributed by atoms with Gasteiger partial charge >= 0.3 is 0 Å². The minimum absolute atomic E-state index is 0. The average molecular weight is 432 g/mol. The number of amides is 1. The Balaban J connectivity index is 0.00000131. The highest BCUT2D eigenvalue weighted by molar-refractivity contribution is 7.13. The molecular formula is C18H23Cl2N3O3S. The normalized spacial score (nSPS) is 20.8. The lowest BCUT2D eigenvalue weighted by Crippen LogP contribution is -2.48. The maximum atomic E-state index is 12.5. The minimum Gasteiger partial charge on any atom is -0.486 e. The first-order valence-electron chi connectivity index (χ1n) is 8.58. The van der Waals surface area contributed by atoms with Gasteiger partial charge in [-0.1, -0.05) is 6.92 Å². The van der Waals surface area contributed by atoms with Gasteiger partial charge in [0.2, 0.25) is 0 Å². The van der Waals surface area contributed by atoms with Crippen molar-refractivity contribution in [3.8, 4) is 22.1 Å². The number of carbonyl (C=O) groups excluding carboxylic acids is 1. The molecule has 6 nitrogen and oxygen atoms in total. The summed E-state index contributed by atoms with van der Waals surface area (Å²) in [6, 6.07) is 5.96. The Bertz CT molecular complexity index is 787. The number of hydrogen-bond acceptors (Lipinski definition) is 6. The molecule has 9 heteroatoms. The van der Waals surface area contributed by atoms with E-state index < -0.39 is 0 Å². The van der Waals surface area contributed by atoms with Crippen LogP contribution in [-0.2, 0) is 0 Å². The summed E-state index contributed by atoms with van der Waals surface area (Å²) in [4.78, 5) is 17.0. The highest BCUT2D eigenvalue weighted by Gasteiger charge is 2.24. The Morgan fingerprint density at radius 3 is 2.81 bits per heavy atom. The third-order valence-corrected chi connectivity index (χ3v) is 5.52. The van der Waals surface area contributed by atoms with Gasteiger partial charge in [0.15, 0.2) is 11.5 Å². The second kappa shape index (κ2) is 9.59. The highest BCUT2D eigenvalue weighted by atomic mass is 35.5. The van der Waals surface area contributed by atoms with Crippen LogP contribution in [0.5, 0.6) is 11.5 Å². The molecule has 2 aromatic rings. The smallest absolute Gasteiger partial charge is 0.271 e. The monoisotopic (exact) mass is 431 g/mol. The van der Waals surface area contributed by atoms with E-state index in [2.05, 4.69) is 22.5 Å². The molecule has 0 saturated carbocycles. The summed E-state index contributed by atoms with van der Waals surface area (Å²) >= 11 is 1.46. The second-order valence-electron chi connectivity index (χ2n) is 6.45. The molecule has 2 unspecified atom stereocenters. The average Bonchev–Trinajstić information content (AvgIpc) is 3.13. The van der Waals surface area contributed by atoms with Gasteiger partial charge < -0.3 is 20.1 Å². The van der Waals surface area contributed by atoms with E-state index in [1.54, 1.807) is 0 Å². The van der Waals surface area contributed by atoms with Gasteiger partial charge in [-0.05, 0) is 43.6 Å². The summed E-state index contributed by atoms with van der Waals surface area (Å²) in [5, 5.41) is 9.08. The van der Waals surface area contributed by atoms with Crippen molar-refractivity contribution >= 4 is 42.1 Å². The van der Waals surface area contributed by atoms with Crippen LogP contribution >= 0.6 is 36.2 Å². The van der Waals surface area contributed by atoms with Gasteiger partial charge in [-0.25, -0.2) is 4.98 Å². The van der Waals surface area contributed by atoms with Gasteiger partial charge in [0.05, 0.1) is 0 Å². The molecule has 1 fully saturated rings. The number of nitrogens with zero attached hydrogens (tertiary/aromatic N) is 1. The molecule has 0 radical (unpaired) electrons. The predicted octanol–water partition coefficient (Wildman–Crippen LogP) is 3.15. The molecule has 3 heterocycles. The van der Waals surface area contributed by atoms with Crippen molar-refractivity contribution in [1.82, 2.24) is 15.6 Å². The Labute approximate surface area is 174 Å². The lowest BCUT2D eigenvalue weighted by atomic mass is 9.95. The number of rotatable bonds is 3. The molecule has 1 amide bonds. The van der Waals surface area contributed by atoms with E-state index in [4.69, 9.17) is 9.47 Å². The molecular weight excluding hydrogens is 409 g/mol. The van der Waals surface area contributed by atoms with Crippen molar-refractivity contribution in [3.63, 3.8) is 0 Å². The van der Waals surface area contributed by atoms with E-state index in [0.717, 1.165) is 41.6 Å². The zero-order chi connectivity index (χ0) is 17.2. The van der Waals surface area contributed by atoms with Crippen molar-refractivity contribution in [3.05, 3.63) is 29.3 Å². The van der Waals surface area contributed by atoms with Crippen molar-refractivity contribution in [2.75, 3.05) is 26.3 Å². The van der Waals surface area contributed by atoms with Gasteiger partial charge in [0, 0.05) is 17.0 Å². The second-order valence-corrected chi connectivity index (χ2v) is 7.30. The molecule has 1 saturated heterocycles. The van der Waals surface area contributed by atoms with E-state index in [0.29, 0.717) is 24.8 Å². The van der Waals surface area contributed by atoms with Crippen molar-refractivity contribution in [1.29, 1.82) is 0 Å². The number of piperidine rings is 1. The summed E-state index contributed by atoms with van der Waals surface area (Å²) in [5.74, 6) is 1.81. The zero-order valence-corrected chi connectivity index (χ0v) is 17.3. The molecule has 4 rings (SSSR count). The zero-order valence-electron chi connectivity index (χ0n) is 14.9. The topological polar surface area (TPSA) is 72.5 Å². The molecule has 1 aromatic carbocycles. The summed E-state index contributed by atoms with van der Waals surface area (Å²) in [6.07, 6.45) is 0.950. The van der Waals surface area contributed by atoms with Crippen molar-refractivity contribution in [2.24, 2.45) is 5.92 Å². The number of nitrogens with one attached hydrogen (secondary N) is 2. The summed E-state index contributed by atoms with van der Waals surface area (Å²) < 4.78 is 11.2. The number of aromatic nitrogens is 1. The van der Waals surface area contributed by atoms with Crippen LogP contribution in [0, 0.1) is 5.92 Å². The minimum atomic E-state index is -0.0983. The number of benzene rings is 1. The van der Waals surface area contributed by atoms with Crippen LogP contribution in [0.15, 0.2) is 23.6 Å². The maximum absolute atomic E-state index is 12.5. The predicted molar refractivity (Wildman–Crippen MR) is 111 cm³/mol. The lowest BCUT2D eigenvalue weighted by molar-refractivity contribution is 0.0910. The largest absolute Gasteiger partial charge is 0.486 e. The number of fused-ring (bicyclic) bond motifs is 1. The van der Waals surface area contributed by atoms with Crippen LogP contribution < -0.4 is 20.1 Å². The molecule has 1 aromatic heterocycles. The van der Waals surface area contributed by atoms with E-state index in [1.165, 1.54) is 11.3 Å². The molecule has 0 aliphatic carbocycles. The van der Waals surface area contributed by atoms with Gasteiger partial charge in [-0.15, -0.1) is 36.2 Å². The van der Waals surface area contributed by atoms with Crippen LogP contribution in [0.1, 0.15) is 23.8 Å². The standard InChI is InChI=1S/C18H21N3O3S.2ClH/c1-11-9-19-5-4-13(11)20-17(22)14-10-25-18(21-14)12-2-3-15-16(8-12)24-7-6-23-15;;/h2-3,8,10-11,13,19H,4-7,9H2,1H3,(H,20,22);2*1H. The van der Waals surface area contributed by atoms with Gasteiger partial charge in [-0.2, -0.15) is 0 Å². The molecule has 2 aliphatic heterocycles. The molecule has 0 spiro atoms. The first-order chi connectivity index (χ1) is 12.2. The molecule has 2 atom stereocenters. The Morgan fingerprint density at radius 1 is 1.26 bits per heavy atom. The van der Waals surface area contributed by atoms with E-state index in [-0.39, 0.29) is 36.8 Å². The third kappa shape index (κ3) is 4.85. The maximum Gasteiger partial charge on any atom is 0.271 e. The fourth-order valence-corrected chi connectivity index (χ4v) is 3.95. The molecule has 2 N–H and O–H groups in total. The first-order valence-corrected chi connectivity index (χ1v) is 9.46. The number of thiazole rings is 1. The number of hydrogen-bond donors (Lipinski definition) is 2. The fourth-order valence-electron chi connectivity index (χ4n) is 3.16. The third-order valence-electron chi connectivity index (χ3n) is 4.63. The van der Waals surface area contributed by atoms with Crippen LogP contribution in [-0.4, -0.2) is 43.2 Å².